The second-order valence-corrected chi connectivity index (χ2v) is 3.88. The lowest BCUT2D eigenvalue weighted by molar-refractivity contribution is 0.493. The first-order chi connectivity index (χ1) is 6.77. The van der Waals surface area contributed by atoms with Gasteiger partial charge in [-0.3, -0.25) is 0 Å². The third-order valence-corrected chi connectivity index (χ3v) is 2.56. The maximum absolute atomic E-state index is 5.73. The van der Waals surface area contributed by atoms with Gasteiger partial charge in [-0.25, -0.2) is 9.97 Å². The lowest BCUT2D eigenvalue weighted by Crippen LogP contribution is -2.50. The predicted molar refractivity (Wildman–Crippen MR) is 56.7 cm³/mol. The molecule has 1 aliphatic heterocycles. The molecule has 0 aromatic carbocycles. The Morgan fingerprint density at radius 1 is 1.50 bits per heavy atom. The minimum absolute atomic E-state index is 0.435. The molecule has 0 saturated carbocycles. The summed E-state index contributed by atoms with van der Waals surface area (Å²) >= 11 is 5.73. The lowest BCUT2D eigenvalue weighted by atomic mass is 10.2. The summed E-state index contributed by atoms with van der Waals surface area (Å²) in [5.41, 5.74) is 0. The molecule has 4 nitrogen and oxygen atoms in total. The van der Waals surface area contributed by atoms with Crippen molar-refractivity contribution in [1.82, 2.24) is 15.3 Å². The zero-order valence-electron chi connectivity index (χ0n) is 8.07. The van der Waals surface area contributed by atoms with E-state index in [1.807, 2.05) is 0 Å². The summed E-state index contributed by atoms with van der Waals surface area (Å²) in [5.74, 6) is 0.767. The Morgan fingerprint density at radius 2 is 2.21 bits per heavy atom. The van der Waals surface area contributed by atoms with E-state index in [-0.39, 0.29) is 0 Å². The highest BCUT2D eigenvalue weighted by atomic mass is 35.5. The summed E-state index contributed by atoms with van der Waals surface area (Å²) in [6.07, 6.45) is 3.28. The van der Waals surface area contributed by atoms with Gasteiger partial charge in [0.05, 0.1) is 17.4 Å². The fraction of sp³-hybridized carbons (Fsp3) is 0.556. The molecule has 1 aromatic heterocycles. The maximum atomic E-state index is 5.73. The maximum Gasteiger partial charge on any atom is 0.225 e. The summed E-state index contributed by atoms with van der Waals surface area (Å²) in [4.78, 5) is 10.6. The number of hydrogen-bond acceptors (Lipinski definition) is 4. The van der Waals surface area contributed by atoms with E-state index >= 15 is 0 Å². The van der Waals surface area contributed by atoms with Crippen molar-refractivity contribution < 1.29 is 0 Å². The molecule has 0 unspecified atom stereocenters. The average molecular weight is 213 g/mol. The van der Waals surface area contributed by atoms with Gasteiger partial charge in [-0.2, -0.15) is 0 Å². The van der Waals surface area contributed by atoms with Crippen molar-refractivity contribution in [2.75, 3.05) is 24.5 Å². The number of rotatable bonds is 1. The number of aromatic nitrogens is 2. The Balaban J connectivity index is 2.16. The number of piperazine rings is 1. The molecule has 0 spiro atoms. The van der Waals surface area contributed by atoms with E-state index in [9.17, 15) is 0 Å². The minimum atomic E-state index is 0.435. The Bertz CT molecular complexity index is 300. The predicted octanol–water partition coefficient (Wildman–Crippen LogP) is 0.928. The second-order valence-electron chi connectivity index (χ2n) is 3.45. The minimum Gasteiger partial charge on any atom is -0.336 e. The van der Waals surface area contributed by atoms with Crippen LogP contribution in [0.2, 0.25) is 5.02 Å². The van der Waals surface area contributed by atoms with Crippen molar-refractivity contribution in [3.8, 4) is 0 Å². The average Bonchev–Trinajstić information content (AvgIpc) is 2.20. The first kappa shape index (κ1) is 9.68. The van der Waals surface area contributed by atoms with Crippen LogP contribution in [0.3, 0.4) is 0 Å². The van der Waals surface area contributed by atoms with Gasteiger partial charge in [-0.15, -0.1) is 0 Å². The van der Waals surface area contributed by atoms with Crippen LogP contribution in [-0.2, 0) is 0 Å². The molecule has 2 rings (SSSR count). The molecule has 0 radical (unpaired) electrons. The molecule has 0 bridgehead atoms. The zero-order chi connectivity index (χ0) is 9.97. The molecule has 14 heavy (non-hydrogen) atoms. The standard InChI is InChI=1S/C9H13ClN4/c1-7-4-11-2-3-14(7)9-12-5-8(10)6-13-9/h5-7,11H,2-4H2,1H3/t7-/m1/s1. The third-order valence-electron chi connectivity index (χ3n) is 2.36. The topological polar surface area (TPSA) is 41.0 Å². The molecular weight excluding hydrogens is 200 g/mol. The van der Waals surface area contributed by atoms with Crippen LogP contribution < -0.4 is 10.2 Å². The van der Waals surface area contributed by atoms with E-state index in [4.69, 9.17) is 11.6 Å². The van der Waals surface area contributed by atoms with E-state index in [0.29, 0.717) is 11.1 Å². The van der Waals surface area contributed by atoms with Crippen LogP contribution in [0, 0.1) is 0 Å². The number of hydrogen-bond donors (Lipinski definition) is 1. The highest BCUT2D eigenvalue weighted by Gasteiger charge is 2.19. The van der Waals surface area contributed by atoms with Crippen LogP contribution >= 0.6 is 11.6 Å². The van der Waals surface area contributed by atoms with Crippen LogP contribution in [0.4, 0.5) is 5.95 Å². The van der Waals surface area contributed by atoms with E-state index in [2.05, 4.69) is 27.1 Å². The van der Waals surface area contributed by atoms with Gasteiger partial charge in [-0.1, -0.05) is 11.6 Å². The van der Waals surface area contributed by atoms with Crippen molar-refractivity contribution in [2.45, 2.75) is 13.0 Å². The SMILES string of the molecule is C[C@@H]1CNCCN1c1ncc(Cl)cn1. The summed E-state index contributed by atoms with van der Waals surface area (Å²) in [6, 6.07) is 0.435. The monoisotopic (exact) mass is 212 g/mol. The Hall–Kier alpha value is -0.870. The van der Waals surface area contributed by atoms with E-state index in [1.165, 1.54) is 0 Å². The molecule has 0 aliphatic carbocycles. The fourth-order valence-corrected chi connectivity index (χ4v) is 1.69. The van der Waals surface area contributed by atoms with E-state index in [0.717, 1.165) is 25.6 Å². The number of anilines is 1. The smallest absolute Gasteiger partial charge is 0.225 e. The lowest BCUT2D eigenvalue weighted by Gasteiger charge is -2.33. The third kappa shape index (κ3) is 1.96. The Morgan fingerprint density at radius 3 is 2.86 bits per heavy atom. The molecule has 0 amide bonds. The molecule has 1 fully saturated rings. The van der Waals surface area contributed by atoms with Crippen LogP contribution in [-0.4, -0.2) is 35.6 Å². The Kier molecular flexibility index (Phi) is 2.84. The van der Waals surface area contributed by atoms with Gasteiger partial charge < -0.3 is 10.2 Å². The summed E-state index contributed by atoms with van der Waals surface area (Å²) in [5, 5.41) is 3.90. The molecule has 1 atom stereocenters. The number of nitrogens with zero attached hydrogens (tertiary/aromatic N) is 3. The van der Waals surface area contributed by atoms with Crippen LogP contribution in [0.1, 0.15) is 6.92 Å². The van der Waals surface area contributed by atoms with Gasteiger partial charge in [-0.05, 0) is 6.92 Å². The van der Waals surface area contributed by atoms with Crippen LogP contribution in [0.15, 0.2) is 12.4 Å². The van der Waals surface area contributed by atoms with Gasteiger partial charge in [0.15, 0.2) is 0 Å². The normalized spacial score (nSPS) is 22.4. The second kappa shape index (κ2) is 4.11. The fourth-order valence-electron chi connectivity index (χ4n) is 1.59. The zero-order valence-corrected chi connectivity index (χ0v) is 8.83. The van der Waals surface area contributed by atoms with Crippen molar-refractivity contribution in [3.63, 3.8) is 0 Å². The van der Waals surface area contributed by atoms with Gasteiger partial charge in [0.25, 0.3) is 0 Å². The molecule has 5 heteroatoms. The van der Waals surface area contributed by atoms with Crippen LogP contribution in [0.5, 0.6) is 0 Å². The van der Waals surface area contributed by atoms with Crippen molar-refractivity contribution in [2.24, 2.45) is 0 Å². The summed E-state index contributed by atoms with van der Waals surface area (Å²) < 4.78 is 0. The molecule has 1 aliphatic rings. The van der Waals surface area contributed by atoms with E-state index < -0.39 is 0 Å². The number of nitrogens with one attached hydrogen (secondary N) is 1. The van der Waals surface area contributed by atoms with Gasteiger partial charge in [0.2, 0.25) is 5.95 Å². The molecule has 1 N–H and O–H groups in total. The molecule has 1 saturated heterocycles. The van der Waals surface area contributed by atoms with Gasteiger partial charge in [0.1, 0.15) is 0 Å². The molecule has 1 aromatic rings. The summed E-state index contributed by atoms with van der Waals surface area (Å²) in [6.45, 7) is 5.06. The first-order valence-electron chi connectivity index (χ1n) is 4.72. The highest BCUT2D eigenvalue weighted by Crippen LogP contribution is 2.13. The first-order valence-corrected chi connectivity index (χ1v) is 5.10. The van der Waals surface area contributed by atoms with Crippen molar-refractivity contribution >= 4 is 17.5 Å². The largest absolute Gasteiger partial charge is 0.336 e. The van der Waals surface area contributed by atoms with Crippen LogP contribution in [0.25, 0.3) is 0 Å². The Labute approximate surface area is 88.3 Å². The van der Waals surface area contributed by atoms with Gasteiger partial charge >= 0.3 is 0 Å². The summed E-state index contributed by atoms with van der Waals surface area (Å²) in [7, 11) is 0. The van der Waals surface area contributed by atoms with Gasteiger partial charge in [0, 0.05) is 25.7 Å². The molecule has 76 valence electrons. The van der Waals surface area contributed by atoms with Crippen molar-refractivity contribution in [3.05, 3.63) is 17.4 Å². The number of halogens is 1. The highest BCUT2D eigenvalue weighted by molar-refractivity contribution is 6.30. The molecule has 2 heterocycles. The molecular formula is C9H13ClN4. The quantitative estimate of drug-likeness (QED) is 0.752. The van der Waals surface area contributed by atoms with E-state index in [1.54, 1.807) is 12.4 Å². The van der Waals surface area contributed by atoms with Crippen molar-refractivity contribution in [1.29, 1.82) is 0 Å².